The summed E-state index contributed by atoms with van der Waals surface area (Å²) in [6.07, 6.45) is 2.59. The van der Waals surface area contributed by atoms with E-state index in [2.05, 4.69) is 30.1 Å². The maximum atomic E-state index is 12.1. The molecule has 1 amide bonds. The summed E-state index contributed by atoms with van der Waals surface area (Å²) in [5.74, 6) is 0.499. The number of nitrogens with zero attached hydrogens (tertiary/aromatic N) is 1. The van der Waals surface area contributed by atoms with E-state index in [9.17, 15) is 4.79 Å². The van der Waals surface area contributed by atoms with Crippen LogP contribution in [0.15, 0.2) is 24.3 Å². The van der Waals surface area contributed by atoms with Crippen molar-refractivity contribution in [1.82, 2.24) is 10.2 Å². The summed E-state index contributed by atoms with van der Waals surface area (Å²) in [6, 6.07) is 7.92. The lowest BCUT2D eigenvalue weighted by Crippen LogP contribution is -2.33. The predicted molar refractivity (Wildman–Crippen MR) is 78.5 cm³/mol. The first-order valence-electron chi connectivity index (χ1n) is 7.27. The Morgan fingerprint density at radius 1 is 1.32 bits per heavy atom. The van der Waals surface area contributed by atoms with E-state index in [1.165, 1.54) is 31.5 Å². The van der Waals surface area contributed by atoms with Crippen LogP contribution in [0.25, 0.3) is 0 Å². The Bertz CT molecular complexity index is 423. The molecule has 2 rings (SSSR count). The van der Waals surface area contributed by atoms with Crippen LogP contribution in [0, 0.1) is 0 Å². The Morgan fingerprint density at radius 3 is 2.74 bits per heavy atom. The van der Waals surface area contributed by atoms with E-state index in [4.69, 9.17) is 0 Å². The van der Waals surface area contributed by atoms with Gasteiger partial charge in [0.1, 0.15) is 0 Å². The van der Waals surface area contributed by atoms with Crippen LogP contribution < -0.4 is 5.32 Å². The molecule has 1 aliphatic rings. The minimum Gasteiger partial charge on any atom is -0.351 e. The van der Waals surface area contributed by atoms with Gasteiger partial charge in [0.25, 0.3) is 5.91 Å². The zero-order chi connectivity index (χ0) is 13.7. The number of likely N-dealkylation sites (tertiary alicyclic amines) is 1. The normalized spacial score (nSPS) is 15.9. The highest BCUT2D eigenvalue weighted by Gasteiger charge is 2.12. The topological polar surface area (TPSA) is 32.3 Å². The number of carbonyl (C=O) groups excluding carboxylic acids is 1. The van der Waals surface area contributed by atoms with Crippen LogP contribution in [0.4, 0.5) is 0 Å². The van der Waals surface area contributed by atoms with Crippen molar-refractivity contribution in [3.63, 3.8) is 0 Å². The van der Waals surface area contributed by atoms with Crippen LogP contribution in [0.1, 0.15) is 48.5 Å². The summed E-state index contributed by atoms with van der Waals surface area (Å²) in [5.41, 5.74) is 1.99. The van der Waals surface area contributed by atoms with Crippen molar-refractivity contribution >= 4 is 5.91 Å². The molecule has 1 aliphatic heterocycles. The van der Waals surface area contributed by atoms with Crippen molar-refractivity contribution in [3.05, 3.63) is 35.4 Å². The summed E-state index contributed by atoms with van der Waals surface area (Å²) >= 11 is 0. The van der Waals surface area contributed by atoms with Gasteiger partial charge in [-0.15, -0.1) is 0 Å². The van der Waals surface area contributed by atoms with Crippen molar-refractivity contribution in [2.24, 2.45) is 0 Å². The van der Waals surface area contributed by atoms with Gasteiger partial charge in [-0.05, 0) is 49.5 Å². The van der Waals surface area contributed by atoms with Crippen LogP contribution in [0.2, 0.25) is 0 Å². The smallest absolute Gasteiger partial charge is 0.251 e. The fraction of sp³-hybridized carbons (Fsp3) is 0.562. The molecule has 3 heteroatoms. The van der Waals surface area contributed by atoms with E-state index in [1.807, 2.05) is 18.2 Å². The lowest BCUT2D eigenvalue weighted by Gasteiger charge is -2.15. The highest BCUT2D eigenvalue weighted by molar-refractivity contribution is 5.94. The predicted octanol–water partition coefficient (Wildman–Crippen LogP) is 2.64. The van der Waals surface area contributed by atoms with Gasteiger partial charge in [-0.2, -0.15) is 0 Å². The number of benzene rings is 1. The van der Waals surface area contributed by atoms with Gasteiger partial charge >= 0.3 is 0 Å². The fourth-order valence-electron chi connectivity index (χ4n) is 2.47. The second-order valence-corrected chi connectivity index (χ2v) is 5.58. The molecule has 1 aromatic carbocycles. The third kappa shape index (κ3) is 4.06. The maximum Gasteiger partial charge on any atom is 0.251 e. The van der Waals surface area contributed by atoms with Gasteiger partial charge in [0.05, 0.1) is 0 Å². The molecule has 0 aliphatic carbocycles. The largest absolute Gasteiger partial charge is 0.351 e. The zero-order valence-electron chi connectivity index (χ0n) is 12.0. The molecule has 0 aromatic heterocycles. The van der Waals surface area contributed by atoms with Gasteiger partial charge in [0.15, 0.2) is 0 Å². The summed E-state index contributed by atoms with van der Waals surface area (Å²) in [6.45, 7) is 8.35. The SMILES string of the molecule is CC(C)c1cccc(C(=O)NCCN2CCCC2)c1. The van der Waals surface area contributed by atoms with Crippen LogP contribution in [-0.4, -0.2) is 37.0 Å². The second-order valence-electron chi connectivity index (χ2n) is 5.58. The standard InChI is InChI=1S/C16H24N2O/c1-13(2)14-6-5-7-15(12-14)16(19)17-8-11-18-9-3-4-10-18/h5-7,12-13H,3-4,8-11H2,1-2H3,(H,17,19). The van der Waals surface area contributed by atoms with Gasteiger partial charge in [-0.25, -0.2) is 0 Å². The summed E-state index contributed by atoms with van der Waals surface area (Å²) in [5, 5.41) is 3.01. The molecular formula is C16H24N2O. The first-order valence-corrected chi connectivity index (χ1v) is 7.27. The lowest BCUT2D eigenvalue weighted by molar-refractivity contribution is 0.0949. The van der Waals surface area contributed by atoms with Crippen molar-refractivity contribution in [2.75, 3.05) is 26.2 Å². The van der Waals surface area contributed by atoms with Crippen molar-refractivity contribution < 1.29 is 4.79 Å². The molecule has 1 saturated heterocycles. The molecule has 0 atom stereocenters. The van der Waals surface area contributed by atoms with Gasteiger partial charge in [-0.3, -0.25) is 4.79 Å². The Labute approximate surface area is 116 Å². The minimum atomic E-state index is 0.0432. The number of hydrogen-bond donors (Lipinski definition) is 1. The van der Waals surface area contributed by atoms with E-state index >= 15 is 0 Å². The van der Waals surface area contributed by atoms with E-state index in [0.29, 0.717) is 5.92 Å². The van der Waals surface area contributed by atoms with E-state index in [1.54, 1.807) is 0 Å². The van der Waals surface area contributed by atoms with Crippen molar-refractivity contribution in [1.29, 1.82) is 0 Å². The zero-order valence-corrected chi connectivity index (χ0v) is 12.0. The van der Waals surface area contributed by atoms with E-state index in [-0.39, 0.29) is 5.91 Å². The lowest BCUT2D eigenvalue weighted by atomic mass is 10.0. The third-order valence-corrected chi connectivity index (χ3v) is 3.73. The molecule has 3 nitrogen and oxygen atoms in total. The second kappa shape index (κ2) is 6.71. The fourth-order valence-corrected chi connectivity index (χ4v) is 2.47. The summed E-state index contributed by atoms with van der Waals surface area (Å²) in [4.78, 5) is 14.5. The van der Waals surface area contributed by atoms with Gasteiger partial charge < -0.3 is 10.2 Å². The number of nitrogens with one attached hydrogen (secondary N) is 1. The first kappa shape index (κ1) is 14.1. The third-order valence-electron chi connectivity index (χ3n) is 3.73. The summed E-state index contributed by atoms with van der Waals surface area (Å²) in [7, 11) is 0. The molecule has 19 heavy (non-hydrogen) atoms. The number of amides is 1. The molecule has 0 unspecified atom stereocenters. The maximum absolute atomic E-state index is 12.1. The first-order chi connectivity index (χ1) is 9.16. The molecule has 0 saturated carbocycles. The molecule has 1 N–H and O–H groups in total. The number of hydrogen-bond acceptors (Lipinski definition) is 2. The van der Waals surface area contributed by atoms with Crippen LogP contribution in [0.3, 0.4) is 0 Å². The summed E-state index contributed by atoms with van der Waals surface area (Å²) < 4.78 is 0. The Morgan fingerprint density at radius 2 is 2.05 bits per heavy atom. The van der Waals surface area contributed by atoms with Gasteiger partial charge in [0, 0.05) is 18.7 Å². The van der Waals surface area contributed by atoms with Gasteiger partial charge in [0.2, 0.25) is 0 Å². The average molecular weight is 260 g/mol. The van der Waals surface area contributed by atoms with Crippen LogP contribution in [0.5, 0.6) is 0 Å². The highest BCUT2D eigenvalue weighted by Crippen LogP contribution is 2.15. The minimum absolute atomic E-state index is 0.0432. The number of carbonyl (C=O) groups is 1. The van der Waals surface area contributed by atoms with Crippen LogP contribution in [-0.2, 0) is 0 Å². The van der Waals surface area contributed by atoms with Crippen LogP contribution >= 0.6 is 0 Å². The Kier molecular flexibility index (Phi) is 4.97. The molecular weight excluding hydrogens is 236 g/mol. The quantitative estimate of drug-likeness (QED) is 0.882. The Hall–Kier alpha value is -1.35. The average Bonchev–Trinajstić information content (AvgIpc) is 2.92. The molecule has 104 valence electrons. The van der Waals surface area contributed by atoms with E-state index < -0.39 is 0 Å². The molecule has 0 bridgehead atoms. The van der Waals surface area contributed by atoms with Crippen molar-refractivity contribution in [2.45, 2.75) is 32.6 Å². The van der Waals surface area contributed by atoms with E-state index in [0.717, 1.165) is 18.7 Å². The molecule has 0 spiro atoms. The Balaban J connectivity index is 1.83. The molecule has 0 radical (unpaired) electrons. The monoisotopic (exact) mass is 260 g/mol. The molecule has 1 fully saturated rings. The highest BCUT2D eigenvalue weighted by atomic mass is 16.1. The molecule has 1 aromatic rings. The van der Waals surface area contributed by atoms with Crippen molar-refractivity contribution in [3.8, 4) is 0 Å². The van der Waals surface area contributed by atoms with Gasteiger partial charge in [-0.1, -0.05) is 26.0 Å². The molecule has 1 heterocycles. The number of rotatable bonds is 5.